The third-order valence-corrected chi connectivity index (χ3v) is 4.53. The molecule has 1 saturated heterocycles. The van der Waals surface area contributed by atoms with Crippen molar-refractivity contribution in [2.24, 2.45) is 5.92 Å². The summed E-state index contributed by atoms with van der Waals surface area (Å²) < 4.78 is 0. The van der Waals surface area contributed by atoms with Gasteiger partial charge in [-0.2, -0.15) is 0 Å². The molecule has 3 heterocycles. The number of pyridine rings is 1. The van der Waals surface area contributed by atoms with Crippen molar-refractivity contribution >= 4 is 34.1 Å². The minimum atomic E-state index is -0.208. The maximum absolute atomic E-state index is 12.3. The first-order valence-corrected chi connectivity index (χ1v) is 8.41. The molecule has 0 spiro atoms. The molecule has 0 aromatic carbocycles. The third kappa shape index (κ3) is 4.07. The van der Waals surface area contributed by atoms with Gasteiger partial charge in [-0.25, -0.2) is 9.78 Å². The number of hydrogen-bond donors (Lipinski definition) is 2. The van der Waals surface area contributed by atoms with Crippen LogP contribution in [0.15, 0.2) is 41.9 Å². The lowest BCUT2D eigenvalue weighted by Gasteiger charge is -2.31. The maximum Gasteiger partial charge on any atom is 0.322 e. The van der Waals surface area contributed by atoms with Gasteiger partial charge in [-0.3, -0.25) is 10.1 Å². The molecule has 120 valence electrons. The first-order chi connectivity index (χ1) is 11.2. The average Bonchev–Trinajstić information content (AvgIpc) is 3.09. The van der Waals surface area contributed by atoms with Crippen molar-refractivity contribution in [2.75, 3.05) is 23.7 Å². The van der Waals surface area contributed by atoms with Gasteiger partial charge in [-0.05, 0) is 42.5 Å². The second-order valence-corrected chi connectivity index (χ2v) is 6.34. The molecule has 7 heteroatoms. The van der Waals surface area contributed by atoms with Gasteiger partial charge in [0, 0.05) is 19.3 Å². The van der Waals surface area contributed by atoms with Crippen LogP contribution in [-0.2, 0) is 4.79 Å². The van der Waals surface area contributed by atoms with Crippen LogP contribution in [-0.4, -0.2) is 34.9 Å². The zero-order chi connectivity index (χ0) is 16.1. The van der Waals surface area contributed by atoms with E-state index in [0.717, 1.165) is 17.8 Å². The van der Waals surface area contributed by atoms with Crippen LogP contribution < -0.4 is 10.6 Å². The minimum absolute atomic E-state index is 0.0858. The highest BCUT2D eigenvalue weighted by Gasteiger charge is 2.28. The molecular weight excluding hydrogens is 312 g/mol. The van der Waals surface area contributed by atoms with Crippen LogP contribution in [0.5, 0.6) is 0 Å². The van der Waals surface area contributed by atoms with Gasteiger partial charge < -0.3 is 10.2 Å². The summed E-state index contributed by atoms with van der Waals surface area (Å²) in [5.74, 6) is 0.245. The Bertz CT molecular complexity index is 660. The fraction of sp³-hybridized carbons (Fsp3) is 0.312. The van der Waals surface area contributed by atoms with Crippen LogP contribution in [0.1, 0.15) is 12.8 Å². The van der Waals surface area contributed by atoms with E-state index in [0.29, 0.717) is 18.9 Å². The number of thiophene rings is 1. The predicted molar refractivity (Wildman–Crippen MR) is 90.5 cm³/mol. The van der Waals surface area contributed by atoms with E-state index in [1.807, 2.05) is 23.6 Å². The van der Waals surface area contributed by atoms with E-state index >= 15 is 0 Å². The largest absolute Gasteiger partial charge is 0.324 e. The molecule has 6 nitrogen and oxygen atoms in total. The topological polar surface area (TPSA) is 74.3 Å². The molecule has 0 bridgehead atoms. The monoisotopic (exact) mass is 330 g/mol. The smallest absolute Gasteiger partial charge is 0.322 e. The Balaban J connectivity index is 1.57. The SMILES string of the molecule is O=C(Nc1ccccn1)C1CCCN(C(=O)Nc2cccs2)C1. The summed E-state index contributed by atoms with van der Waals surface area (Å²) >= 11 is 1.48. The lowest BCUT2D eigenvalue weighted by atomic mass is 9.97. The number of piperidine rings is 1. The fourth-order valence-electron chi connectivity index (χ4n) is 2.57. The second kappa shape index (κ2) is 7.23. The number of rotatable bonds is 3. The van der Waals surface area contributed by atoms with Crippen LogP contribution in [0, 0.1) is 5.92 Å². The third-order valence-electron chi connectivity index (χ3n) is 3.75. The summed E-state index contributed by atoms with van der Waals surface area (Å²) in [6.07, 6.45) is 3.23. The van der Waals surface area contributed by atoms with E-state index in [-0.39, 0.29) is 17.9 Å². The van der Waals surface area contributed by atoms with Gasteiger partial charge in [0.1, 0.15) is 5.82 Å². The number of carbonyl (C=O) groups is 2. The zero-order valence-electron chi connectivity index (χ0n) is 12.6. The summed E-state index contributed by atoms with van der Waals surface area (Å²) in [6.45, 7) is 1.10. The Morgan fingerprint density at radius 3 is 2.87 bits per heavy atom. The number of nitrogens with zero attached hydrogens (tertiary/aromatic N) is 2. The van der Waals surface area contributed by atoms with Gasteiger partial charge >= 0.3 is 6.03 Å². The molecular formula is C16H18N4O2S. The Labute approximate surface area is 138 Å². The zero-order valence-corrected chi connectivity index (χ0v) is 13.4. The van der Waals surface area contributed by atoms with Gasteiger partial charge in [0.2, 0.25) is 5.91 Å². The number of aromatic nitrogens is 1. The van der Waals surface area contributed by atoms with Crippen molar-refractivity contribution in [2.45, 2.75) is 12.8 Å². The Morgan fingerprint density at radius 1 is 1.22 bits per heavy atom. The molecule has 3 rings (SSSR count). The van der Waals surface area contributed by atoms with E-state index in [4.69, 9.17) is 0 Å². The standard InChI is InChI=1S/C16H18N4O2S/c21-15(18-13-6-1-2-8-17-13)12-5-3-9-20(11-12)16(22)19-14-7-4-10-23-14/h1-2,4,6-8,10,12H,3,5,9,11H2,(H,19,22)(H,17,18,21). The predicted octanol–water partition coefficient (Wildman–Crippen LogP) is 3.03. The lowest BCUT2D eigenvalue weighted by Crippen LogP contribution is -2.45. The molecule has 23 heavy (non-hydrogen) atoms. The van der Waals surface area contributed by atoms with E-state index in [9.17, 15) is 9.59 Å². The molecule has 3 amide bonds. The minimum Gasteiger partial charge on any atom is -0.324 e. The number of likely N-dealkylation sites (tertiary alicyclic amines) is 1. The van der Waals surface area contributed by atoms with Crippen LogP contribution in [0.3, 0.4) is 0 Å². The van der Waals surface area contributed by atoms with Gasteiger partial charge in [0.25, 0.3) is 0 Å². The normalized spacial score (nSPS) is 17.6. The van der Waals surface area contributed by atoms with Crippen molar-refractivity contribution in [1.82, 2.24) is 9.88 Å². The molecule has 1 fully saturated rings. The van der Waals surface area contributed by atoms with Crippen molar-refractivity contribution < 1.29 is 9.59 Å². The molecule has 1 unspecified atom stereocenters. The highest BCUT2D eigenvalue weighted by molar-refractivity contribution is 7.14. The molecule has 1 aliphatic heterocycles. The molecule has 0 saturated carbocycles. The van der Waals surface area contributed by atoms with Crippen molar-refractivity contribution in [3.8, 4) is 0 Å². The van der Waals surface area contributed by atoms with E-state index in [2.05, 4.69) is 15.6 Å². The second-order valence-electron chi connectivity index (χ2n) is 5.40. The Morgan fingerprint density at radius 2 is 2.13 bits per heavy atom. The highest BCUT2D eigenvalue weighted by atomic mass is 32.1. The fourth-order valence-corrected chi connectivity index (χ4v) is 3.18. The first kappa shape index (κ1) is 15.5. The number of urea groups is 1. The highest BCUT2D eigenvalue weighted by Crippen LogP contribution is 2.21. The summed E-state index contributed by atoms with van der Waals surface area (Å²) in [4.78, 5) is 30.4. The van der Waals surface area contributed by atoms with Crippen LogP contribution in [0.4, 0.5) is 15.6 Å². The quantitative estimate of drug-likeness (QED) is 0.908. The van der Waals surface area contributed by atoms with Crippen molar-refractivity contribution in [3.63, 3.8) is 0 Å². The van der Waals surface area contributed by atoms with Gasteiger partial charge in [-0.15, -0.1) is 11.3 Å². The van der Waals surface area contributed by atoms with Gasteiger partial charge in [0.05, 0.1) is 10.9 Å². The Hall–Kier alpha value is -2.41. The maximum atomic E-state index is 12.3. The van der Waals surface area contributed by atoms with E-state index < -0.39 is 0 Å². The molecule has 2 aromatic heterocycles. The number of amides is 3. The van der Waals surface area contributed by atoms with Crippen LogP contribution in [0.25, 0.3) is 0 Å². The first-order valence-electron chi connectivity index (χ1n) is 7.54. The molecule has 1 aliphatic rings. The Kier molecular flexibility index (Phi) is 4.87. The van der Waals surface area contributed by atoms with Crippen molar-refractivity contribution in [1.29, 1.82) is 0 Å². The van der Waals surface area contributed by atoms with Crippen molar-refractivity contribution in [3.05, 3.63) is 41.9 Å². The number of nitrogens with one attached hydrogen (secondary N) is 2. The number of anilines is 2. The molecule has 0 aliphatic carbocycles. The molecule has 0 radical (unpaired) electrons. The number of hydrogen-bond acceptors (Lipinski definition) is 4. The summed E-state index contributed by atoms with van der Waals surface area (Å²) in [5.41, 5.74) is 0. The summed E-state index contributed by atoms with van der Waals surface area (Å²) in [6, 6.07) is 8.97. The summed E-state index contributed by atoms with van der Waals surface area (Å²) in [5, 5.41) is 8.40. The summed E-state index contributed by atoms with van der Waals surface area (Å²) in [7, 11) is 0. The molecule has 2 N–H and O–H groups in total. The molecule has 2 aromatic rings. The molecule has 1 atom stereocenters. The van der Waals surface area contributed by atoms with E-state index in [1.54, 1.807) is 23.2 Å². The van der Waals surface area contributed by atoms with E-state index in [1.165, 1.54) is 11.3 Å². The number of carbonyl (C=O) groups excluding carboxylic acids is 2. The van der Waals surface area contributed by atoms with Gasteiger partial charge in [0.15, 0.2) is 0 Å². The van der Waals surface area contributed by atoms with Gasteiger partial charge in [-0.1, -0.05) is 6.07 Å². The lowest BCUT2D eigenvalue weighted by molar-refractivity contribution is -0.121. The average molecular weight is 330 g/mol. The van der Waals surface area contributed by atoms with Crippen LogP contribution in [0.2, 0.25) is 0 Å². The van der Waals surface area contributed by atoms with Crippen LogP contribution >= 0.6 is 11.3 Å².